The molecule has 3 rings (SSSR count). The number of carbonyl (C=O) groups is 2. The van der Waals surface area contributed by atoms with E-state index in [1.54, 1.807) is 11.3 Å². The van der Waals surface area contributed by atoms with Crippen molar-refractivity contribution in [2.24, 2.45) is 5.92 Å². The molecule has 0 saturated heterocycles. The zero-order valence-electron chi connectivity index (χ0n) is 12.9. The van der Waals surface area contributed by atoms with Crippen molar-refractivity contribution in [1.29, 1.82) is 0 Å². The Morgan fingerprint density at radius 3 is 2.73 bits per heavy atom. The summed E-state index contributed by atoms with van der Waals surface area (Å²) >= 11 is 3.00. The van der Waals surface area contributed by atoms with Gasteiger partial charge in [0.05, 0.1) is 0 Å². The molecule has 0 saturated carbocycles. The number of aryl methyl sites for hydroxylation is 1. The molecule has 116 valence electrons. The summed E-state index contributed by atoms with van der Waals surface area (Å²) in [6.45, 7) is 5.20. The van der Waals surface area contributed by atoms with Gasteiger partial charge in [0.25, 0.3) is 0 Å². The van der Waals surface area contributed by atoms with E-state index in [0.717, 1.165) is 28.1 Å². The highest BCUT2D eigenvalue weighted by Crippen LogP contribution is 2.41. The molecule has 4 nitrogen and oxygen atoms in total. The van der Waals surface area contributed by atoms with Crippen LogP contribution in [-0.4, -0.2) is 26.8 Å². The number of aromatic nitrogens is 2. The monoisotopic (exact) mass is 334 g/mol. The maximum absolute atomic E-state index is 11.7. The van der Waals surface area contributed by atoms with Crippen LogP contribution in [0.2, 0.25) is 0 Å². The highest BCUT2D eigenvalue weighted by Gasteiger charge is 2.27. The molecule has 6 heteroatoms. The summed E-state index contributed by atoms with van der Waals surface area (Å²) in [4.78, 5) is 34.5. The average molecular weight is 334 g/mol. The Balaban J connectivity index is 2.07. The van der Waals surface area contributed by atoms with Crippen molar-refractivity contribution < 1.29 is 9.59 Å². The SMILES string of the molecule is CC(=O)C(Sc1ncnc2sc3c(c12)CC[C@H](C)C3)C(C)=O. The fourth-order valence-electron chi connectivity index (χ4n) is 2.90. The van der Waals surface area contributed by atoms with Crippen LogP contribution in [-0.2, 0) is 22.4 Å². The summed E-state index contributed by atoms with van der Waals surface area (Å²) in [6.07, 6.45) is 4.82. The second-order valence-electron chi connectivity index (χ2n) is 5.93. The van der Waals surface area contributed by atoms with Crippen LogP contribution in [0.15, 0.2) is 11.4 Å². The molecule has 22 heavy (non-hydrogen) atoms. The molecular formula is C16H18N2O2S2. The summed E-state index contributed by atoms with van der Waals surface area (Å²) < 4.78 is 0. The molecule has 2 aromatic rings. The van der Waals surface area contributed by atoms with Crippen LogP contribution in [0.25, 0.3) is 10.2 Å². The summed E-state index contributed by atoms with van der Waals surface area (Å²) in [5.41, 5.74) is 1.33. The highest BCUT2D eigenvalue weighted by atomic mass is 32.2. The Morgan fingerprint density at radius 2 is 2.05 bits per heavy atom. The first kappa shape index (κ1) is 15.6. The lowest BCUT2D eigenvalue weighted by atomic mass is 9.89. The van der Waals surface area contributed by atoms with E-state index in [9.17, 15) is 9.59 Å². The summed E-state index contributed by atoms with van der Waals surface area (Å²) in [7, 11) is 0. The molecule has 0 radical (unpaired) electrons. The zero-order chi connectivity index (χ0) is 15.9. The first-order chi connectivity index (χ1) is 10.5. The number of hydrogen-bond acceptors (Lipinski definition) is 6. The molecule has 0 bridgehead atoms. The predicted molar refractivity (Wildman–Crippen MR) is 89.6 cm³/mol. The van der Waals surface area contributed by atoms with Gasteiger partial charge in [0.15, 0.2) is 11.6 Å². The predicted octanol–water partition coefficient (Wildman–Crippen LogP) is 3.45. The summed E-state index contributed by atoms with van der Waals surface area (Å²) in [5.74, 6) is 0.454. The van der Waals surface area contributed by atoms with Gasteiger partial charge < -0.3 is 0 Å². The molecule has 2 heterocycles. The zero-order valence-corrected chi connectivity index (χ0v) is 14.5. The van der Waals surface area contributed by atoms with Crippen LogP contribution < -0.4 is 0 Å². The molecular weight excluding hydrogens is 316 g/mol. The first-order valence-electron chi connectivity index (χ1n) is 7.40. The van der Waals surface area contributed by atoms with Gasteiger partial charge in [-0.25, -0.2) is 9.97 Å². The van der Waals surface area contributed by atoms with E-state index in [4.69, 9.17) is 0 Å². The normalized spacial score (nSPS) is 17.7. The lowest BCUT2D eigenvalue weighted by Gasteiger charge is -2.18. The quantitative estimate of drug-likeness (QED) is 0.487. The van der Waals surface area contributed by atoms with E-state index in [2.05, 4.69) is 16.9 Å². The van der Waals surface area contributed by atoms with Crippen molar-refractivity contribution in [2.75, 3.05) is 0 Å². The van der Waals surface area contributed by atoms with Crippen molar-refractivity contribution in [2.45, 2.75) is 50.3 Å². The first-order valence-corrected chi connectivity index (χ1v) is 9.09. The minimum atomic E-state index is -0.670. The van der Waals surface area contributed by atoms with E-state index >= 15 is 0 Å². The third-order valence-electron chi connectivity index (χ3n) is 4.02. The number of hydrogen-bond donors (Lipinski definition) is 0. The minimum absolute atomic E-state index is 0.123. The Labute approximate surface area is 137 Å². The fraction of sp³-hybridized carbons (Fsp3) is 0.500. The largest absolute Gasteiger partial charge is 0.298 e. The van der Waals surface area contributed by atoms with Crippen molar-refractivity contribution in [1.82, 2.24) is 9.97 Å². The number of thiophene rings is 1. The van der Waals surface area contributed by atoms with Gasteiger partial charge in [-0.05, 0) is 44.6 Å². The molecule has 2 aromatic heterocycles. The molecule has 1 aliphatic carbocycles. The van der Waals surface area contributed by atoms with Gasteiger partial charge in [0.1, 0.15) is 21.4 Å². The van der Waals surface area contributed by atoms with Gasteiger partial charge in [-0.15, -0.1) is 11.3 Å². The Hall–Kier alpha value is -1.27. The third kappa shape index (κ3) is 2.82. The van der Waals surface area contributed by atoms with Crippen LogP contribution in [0.5, 0.6) is 0 Å². The number of thioether (sulfide) groups is 1. The third-order valence-corrected chi connectivity index (χ3v) is 6.62. The molecule has 1 aliphatic rings. The molecule has 1 atom stereocenters. The molecule has 0 fully saturated rings. The topological polar surface area (TPSA) is 59.9 Å². The molecule has 0 spiro atoms. The standard InChI is InChI=1S/C16H18N2O2S2/c1-8-4-5-11-12(6-8)21-15-13(11)16(18-7-17-15)22-14(9(2)19)10(3)20/h7-8,14H,4-6H2,1-3H3/t8-/m0/s1. The highest BCUT2D eigenvalue weighted by molar-refractivity contribution is 8.01. The van der Waals surface area contributed by atoms with E-state index in [1.165, 1.54) is 48.8 Å². The Morgan fingerprint density at radius 1 is 1.32 bits per heavy atom. The fourth-order valence-corrected chi connectivity index (χ4v) is 5.32. The van der Waals surface area contributed by atoms with Crippen LogP contribution >= 0.6 is 23.1 Å². The minimum Gasteiger partial charge on any atom is -0.298 e. The number of ketones is 2. The maximum Gasteiger partial charge on any atom is 0.150 e. The van der Waals surface area contributed by atoms with Crippen LogP contribution in [0.1, 0.15) is 37.6 Å². The van der Waals surface area contributed by atoms with Gasteiger partial charge >= 0.3 is 0 Å². The van der Waals surface area contributed by atoms with Gasteiger partial charge in [-0.1, -0.05) is 18.7 Å². The summed E-state index contributed by atoms with van der Waals surface area (Å²) in [5, 5.41) is 1.16. The molecule has 0 unspecified atom stereocenters. The van der Waals surface area contributed by atoms with Crippen molar-refractivity contribution in [3.63, 3.8) is 0 Å². The van der Waals surface area contributed by atoms with Crippen molar-refractivity contribution in [3.8, 4) is 0 Å². The van der Waals surface area contributed by atoms with E-state index in [1.807, 2.05) is 0 Å². The van der Waals surface area contributed by atoms with Crippen LogP contribution in [0.4, 0.5) is 0 Å². The molecule has 0 amide bonds. The molecule has 0 aliphatic heterocycles. The molecule has 0 aromatic carbocycles. The number of rotatable bonds is 4. The van der Waals surface area contributed by atoms with Gasteiger partial charge in [0, 0.05) is 10.3 Å². The average Bonchev–Trinajstić information content (AvgIpc) is 2.81. The molecule has 0 N–H and O–H groups in total. The Kier molecular flexibility index (Phi) is 4.32. The number of nitrogens with zero attached hydrogens (tertiary/aromatic N) is 2. The van der Waals surface area contributed by atoms with E-state index in [0.29, 0.717) is 5.92 Å². The number of fused-ring (bicyclic) bond motifs is 3. The number of carbonyl (C=O) groups excluding carboxylic acids is 2. The van der Waals surface area contributed by atoms with E-state index < -0.39 is 5.25 Å². The maximum atomic E-state index is 11.7. The second kappa shape index (κ2) is 6.08. The van der Waals surface area contributed by atoms with Gasteiger partial charge in [-0.2, -0.15) is 0 Å². The lowest BCUT2D eigenvalue weighted by molar-refractivity contribution is -0.123. The smallest absolute Gasteiger partial charge is 0.150 e. The van der Waals surface area contributed by atoms with Crippen LogP contribution in [0, 0.1) is 5.92 Å². The van der Waals surface area contributed by atoms with Crippen molar-refractivity contribution in [3.05, 3.63) is 16.8 Å². The van der Waals surface area contributed by atoms with Gasteiger partial charge in [0.2, 0.25) is 0 Å². The lowest BCUT2D eigenvalue weighted by Crippen LogP contribution is -2.22. The summed E-state index contributed by atoms with van der Waals surface area (Å²) in [6, 6.07) is 0. The second-order valence-corrected chi connectivity index (χ2v) is 8.11. The number of Topliss-reactive ketones (excluding diaryl/α,β-unsaturated/α-hetero) is 2. The van der Waals surface area contributed by atoms with Crippen LogP contribution in [0.3, 0.4) is 0 Å². The van der Waals surface area contributed by atoms with E-state index in [-0.39, 0.29) is 11.6 Å². The van der Waals surface area contributed by atoms with Crippen molar-refractivity contribution >= 4 is 44.9 Å². The Bertz CT molecular complexity index is 740. The van der Waals surface area contributed by atoms with Gasteiger partial charge in [-0.3, -0.25) is 9.59 Å².